The Morgan fingerprint density at radius 1 is 1.42 bits per heavy atom. The van der Waals surface area contributed by atoms with Crippen LogP contribution in [0, 0.1) is 6.92 Å². The van der Waals surface area contributed by atoms with Gasteiger partial charge >= 0.3 is 6.09 Å². The second kappa shape index (κ2) is 5.30. The largest absolute Gasteiger partial charge is 0.465 e. The highest BCUT2D eigenvalue weighted by atomic mass is 16.4. The summed E-state index contributed by atoms with van der Waals surface area (Å²) < 4.78 is 0. The van der Waals surface area contributed by atoms with Gasteiger partial charge in [-0.3, -0.25) is 4.79 Å². The van der Waals surface area contributed by atoms with Crippen LogP contribution in [0.1, 0.15) is 30.4 Å². The minimum absolute atomic E-state index is 0.000412. The summed E-state index contributed by atoms with van der Waals surface area (Å²) in [6.07, 6.45) is -0.678. The minimum atomic E-state index is -1.17. The molecule has 0 aromatic heterocycles. The normalized spacial score (nSPS) is 26.6. The first kappa shape index (κ1) is 13.4. The van der Waals surface area contributed by atoms with Crippen LogP contribution in [0.4, 0.5) is 4.79 Å². The summed E-state index contributed by atoms with van der Waals surface area (Å²) in [4.78, 5) is 22.5. The first-order chi connectivity index (χ1) is 8.99. The molecule has 1 aromatic rings. The van der Waals surface area contributed by atoms with Crippen LogP contribution in [0.3, 0.4) is 0 Å². The van der Waals surface area contributed by atoms with Gasteiger partial charge in [-0.15, -0.1) is 0 Å². The van der Waals surface area contributed by atoms with Crippen molar-refractivity contribution in [3.63, 3.8) is 0 Å². The van der Waals surface area contributed by atoms with Gasteiger partial charge in [0.25, 0.3) is 0 Å². The molecule has 1 aliphatic rings. The molecule has 0 spiro atoms. The Hall–Kier alpha value is -2.04. The van der Waals surface area contributed by atoms with Crippen LogP contribution in [0.25, 0.3) is 0 Å². The SMILES string of the molecule is Cc1ccccc1[C@@H]1CC(NC(=O)O)C(=O)N[C@@H]1C. The molecule has 5 nitrogen and oxygen atoms in total. The molecule has 3 N–H and O–H groups in total. The van der Waals surface area contributed by atoms with Gasteiger partial charge in [-0.2, -0.15) is 0 Å². The average Bonchev–Trinajstić information content (AvgIpc) is 2.33. The molecule has 2 rings (SSSR count). The van der Waals surface area contributed by atoms with Crippen molar-refractivity contribution >= 4 is 12.0 Å². The van der Waals surface area contributed by atoms with Gasteiger partial charge in [0.1, 0.15) is 6.04 Å². The fraction of sp³-hybridized carbons (Fsp3) is 0.429. The third kappa shape index (κ3) is 2.86. The third-order valence-electron chi connectivity index (χ3n) is 3.67. The number of hydrogen-bond acceptors (Lipinski definition) is 2. The molecular weight excluding hydrogens is 244 g/mol. The summed E-state index contributed by atoms with van der Waals surface area (Å²) >= 11 is 0. The Kier molecular flexibility index (Phi) is 3.74. The zero-order valence-corrected chi connectivity index (χ0v) is 11.0. The number of carbonyl (C=O) groups is 2. The number of amides is 2. The smallest absolute Gasteiger partial charge is 0.405 e. The van der Waals surface area contributed by atoms with Gasteiger partial charge in [-0.25, -0.2) is 4.79 Å². The molecule has 0 aliphatic carbocycles. The van der Waals surface area contributed by atoms with Crippen LogP contribution in [0.2, 0.25) is 0 Å². The summed E-state index contributed by atoms with van der Waals surface area (Å²) in [7, 11) is 0. The number of aryl methyl sites for hydroxylation is 1. The monoisotopic (exact) mass is 262 g/mol. The fourth-order valence-electron chi connectivity index (χ4n) is 2.66. The van der Waals surface area contributed by atoms with E-state index in [-0.39, 0.29) is 17.9 Å². The zero-order valence-electron chi connectivity index (χ0n) is 11.0. The second-order valence-corrected chi connectivity index (χ2v) is 5.00. The maximum Gasteiger partial charge on any atom is 0.405 e. The van der Waals surface area contributed by atoms with Crippen molar-refractivity contribution in [1.82, 2.24) is 10.6 Å². The lowest BCUT2D eigenvalue weighted by Gasteiger charge is -2.35. The molecule has 102 valence electrons. The Bertz CT molecular complexity index is 501. The highest BCUT2D eigenvalue weighted by molar-refractivity contribution is 5.86. The second-order valence-electron chi connectivity index (χ2n) is 5.00. The molecular formula is C14H18N2O3. The third-order valence-corrected chi connectivity index (χ3v) is 3.67. The molecule has 1 fully saturated rings. The molecule has 1 heterocycles. The molecule has 0 bridgehead atoms. The van der Waals surface area contributed by atoms with E-state index in [2.05, 4.69) is 10.6 Å². The van der Waals surface area contributed by atoms with Gasteiger partial charge in [0, 0.05) is 12.0 Å². The predicted octanol–water partition coefficient (Wildman–Crippen LogP) is 1.62. The molecule has 0 saturated carbocycles. The Morgan fingerprint density at radius 3 is 2.74 bits per heavy atom. The fourth-order valence-corrected chi connectivity index (χ4v) is 2.66. The number of nitrogens with one attached hydrogen (secondary N) is 2. The van der Waals surface area contributed by atoms with E-state index in [1.165, 1.54) is 0 Å². The molecule has 1 unspecified atom stereocenters. The number of benzene rings is 1. The lowest BCUT2D eigenvalue weighted by molar-refractivity contribution is -0.125. The van der Waals surface area contributed by atoms with Crippen molar-refractivity contribution in [3.05, 3.63) is 35.4 Å². The lowest BCUT2D eigenvalue weighted by atomic mass is 9.81. The van der Waals surface area contributed by atoms with Crippen LogP contribution in [0.15, 0.2) is 24.3 Å². The van der Waals surface area contributed by atoms with Gasteiger partial charge in [0.2, 0.25) is 5.91 Å². The highest BCUT2D eigenvalue weighted by Crippen LogP contribution is 2.30. The van der Waals surface area contributed by atoms with Crippen LogP contribution < -0.4 is 10.6 Å². The standard InChI is InChI=1S/C14H18N2O3/c1-8-5-3-4-6-10(8)11-7-12(16-14(18)19)13(17)15-9(11)2/h3-6,9,11-12,16H,7H2,1-2H3,(H,15,17)(H,18,19)/t9-,11-,12?/m1/s1. The summed E-state index contributed by atoms with van der Waals surface area (Å²) in [6, 6.07) is 7.31. The van der Waals surface area contributed by atoms with Gasteiger partial charge in [0.05, 0.1) is 0 Å². The first-order valence-corrected chi connectivity index (χ1v) is 6.34. The van der Waals surface area contributed by atoms with E-state index >= 15 is 0 Å². The summed E-state index contributed by atoms with van der Waals surface area (Å²) in [5.41, 5.74) is 2.32. The van der Waals surface area contributed by atoms with Gasteiger partial charge in [0.15, 0.2) is 0 Å². The van der Waals surface area contributed by atoms with Crippen molar-refractivity contribution in [2.75, 3.05) is 0 Å². The zero-order chi connectivity index (χ0) is 14.0. The highest BCUT2D eigenvalue weighted by Gasteiger charge is 2.35. The summed E-state index contributed by atoms with van der Waals surface area (Å²) in [6.45, 7) is 3.98. The number of rotatable bonds is 2. The van der Waals surface area contributed by atoms with E-state index < -0.39 is 12.1 Å². The van der Waals surface area contributed by atoms with Gasteiger partial charge in [-0.1, -0.05) is 24.3 Å². The number of carbonyl (C=O) groups excluding carboxylic acids is 1. The van der Waals surface area contributed by atoms with Gasteiger partial charge < -0.3 is 15.7 Å². The quantitative estimate of drug-likeness (QED) is 0.758. The maximum atomic E-state index is 11.8. The Morgan fingerprint density at radius 2 is 2.11 bits per heavy atom. The van der Waals surface area contributed by atoms with E-state index in [4.69, 9.17) is 5.11 Å². The molecule has 1 aliphatic heterocycles. The van der Waals surface area contributed by atoms with Crippen LogP contribution in [-0.4, -0.2) is 29.2 Å². The van der Waals surface area contributed by atoms with Crippen LogP contribution >= 0.6 is 0 Å². The topological polar surface area (TPSA) is 78.4 Å². The molecule has 1 saturated heterocycles. The first-order valence-electron chi connectivity index (χ1n) is 6.34. The molecule has 19 heavy (non-hydrogen) atoms. The van der Waals surface area contributed by atoms with Crippen LogP contribution in [-0.2, 0) is 4.79 Å². The predicted molar refractivity (Wildman–Crippen MR) is 71.1 cm³/mol. The van der Waals surface area contributed by atoms with Crippen molar-refractivity contribution < 1.29 is 14.7 Å². The average molecular weight is 262 g/mol. The maximum absolute atomic E-state index is 11.8. The van der Waals surface area contributed by atoms with Crippen molar-refractivity contribution in [3.8, 4) is 0 Å². The van der Waals surface area contributed by atoms with Crippen LogP contribution in [0.5, 0.6) is 0 Å². The van der Waals surface area contributed by atoms with E-state index in [0.29, 0.717) is 6.42 Å². The molecule has 0 radical (unpaired) electrons. The minimum Gasteiger partial charge on any atom is -0.465 e. The Balaban J connectivity index is 2.23. The van der Waals surface area contributed by atoms with E-state index in [1.54, 1.807) is 0 Å². The van der Waals surface area contributed by atoms with E-state index in [9.17, 15) is 9.59 Å². The number of carboxylic acid groups (broad SMARTS) is 1. The van der Waals surface area contributed by atoms with E-state index in [1.807, 2.05) is 38.1 Å². The van der Waals surface area contributed by atoms with Crippen molar-refractivity contribution in [1.29, 1.82) is 0 Å². The molecule has 1 aromatic carbocycles. The lowest BCUT2D eigenvalue weighted by Crippen LogP contribution is -2.55. The molecule has 2 amide bonds. The van der Waals surface area contributed by atoms with E-state index in [0.717, 1.165) is 11.1 Å². The molecule has 3 atom stereocenters. The summed E-state index contributed by atoms with van der Waals surface area (Å²) in [5, 5.41) is 13.9. The Labute approximate surface area is 112 Å². The molecule has 5 heteroatoms. The number of hydrogen-bond donors (Lipinski definition) is 3. The summed E-state index contributed by atoms with van der Waals surface area (Å²) in [5.74, 6) is -0.129. The number of piperidine rings is 1. The van der Waals surface area contributed by atoms with Gasteiger partial charge in [-0.05, 0) is 31.4 Å². The van der Waals surface area contributed by atoms with Crippen molar-refractivity contribution in [2.24, 2.45) is 0 Å². The van der Waals surface area contributed by atoms with Crippen molar-refractivity contribution in [2.45, 2.75) is 38.3 Å².